The van der Waals surface area contributed by atoms with Gasteiger partial charge in [-0.15, -0.1) is 0 Å². The van der Waals surface area contributed by atoms with E-state index in [2.05, 4.69) is 5.32 Å². The molecule has 0 heterocycles. The quantitative estimate of drug-likeness (QED) is 0.798. The van der Waals surface area contributed by atoms with Crippen molar-refractivity contribution in [3.05, 3.63) is 29.3 Å². The Morgan fingerprint density at radius 1 is 1.22 bits per heavy atom. The third-order valence-electron chi connectivity index (χ3n) is 3.69. The first-order valence-electron chi connectivity index (χ1n) is 6.77. The van der Waals surface area contributed by atoms with Gasteiger partial charge in [-0.3, -0.25) is 0 Å². The lowest BCUT2D eigenvalue weighted by atomic mass is 10.1. The summed E-state index contributed by atoms with van der Waals surface area (Å²) in [5, 5.41) is 12.6. The van der Waals surface area contributed by atoms with Gasteiger partial charge in [-0.1, -0.05) is 31.7 Å². The smallest absolute Gasteiger partial charge is 0.336 e. The van der Waals surface area contributed by atoms with Gasteiger partial charge < -0.3 is 10.4 Å². The summed E-state index contributed by atoms with van der Waals surface area (Å²) in [7, 11) is 0. The molecule has 1 fully saturated rings. The molecule has 18 heavy (non-hydrogen) atoms. The number of benzene rings is 1. The summed E-state index contributed by atoms with van der Waals surface area (Å²) in [6, 6.07) is 6.11. The minimum absolute atomic E-state index is 0.397. The van der Waals surface area contributed by atoms with Gasteiger partial charge in [-0.05, 0) is 37.5 Å². The maximum absolute atomic E-state index is 11.1. The molecule has 0 amide bonds. The average molecular weight is 247 g/mol. The molecule has 0 aliphatic heterocycles. The number of hydrogen-bond donors (Lipinski definition) is 2. The van der Waals surface area contributed by atoms with Gasteiger partial charge in [0.2, 0.25) is 0 Å². The van der Waals surface area contributed by atoms with E-state index in [9.17, 15) is 4.79 Å². The number of carbonyl (C=O) groups is 1. The Morgan fingerprint density at radius 3 is 2.50 bits per heavy atom. The zero-order valence-corrected chi connectivity index (χ0v) is 10.9. The largest absolute Gasteiger partial charge is 0.478 e. The molecule has 0 radical (unpaired) electrons. The Morgan fingerprint density at radius 2 is 1.89 bits per heavy atom. The van der Waals surface area contributed by atoms with Crippen LogP contribution in [0, 0.1) is 6.92 Å². The molecule has 0 saturated heterocycles. The van der Waals surface area contributed by atoms with Crippen molar-refractivity contribution in [1.82, 2.24) is 0 Å². The summed E-state index contributed by atoms with van der Waals surface area (Å²) < 4.78 is 0. The molecule has 0 aromatic heterocycles. The fourth-order valence-electron chi connectivity index (χ4n) is 2.60. The van der Waals surface area contributed by atoms with Crippen LogP contribution < -0.4 is 5.32 Å². The molecule has 1 aliphatic carbocycles. The van der Waals surface area contributed by atoms with Gasteiger partial charge in [0.1, 0.15) is 0 Å². The van der Waals surface area contributed by atoms with E-state index in [4.69, 9.17) is 5.11 Å². The summed E-state index contributed by atoms with van der Waals surface area (Å²) in [4.78, 5) is 11.1. The first-order chi connectivity index (χ1) is 8.66. The van der Waals surface area contributed by atoms with E-state index in [1.807, 2.05) is 19.1 Å². The van der Waals surface area contributed by atoms with Crippen LogP contribution in [0.4, 0.5) is 5.69 Å². The molecule has 0 bridgehead atoms. The second-order valence-corrected chi connectivity index (χ2v) is 5.17. The van der Waals surface area contributed by atoms with Crippen LogP contribution >= 0.6 is 0 Å². The van der Waals surface area contributed by atoms with Crippen molar-refractivity contribution in [1.29, 1.82) is 0 Å². The maximum Gasteiger partial charge on any atom is 0.336 e. The minimum Gasteiger partial charge on any atom is -0.478 e. The van der Waals surface area contributed by atoms with Crippen LogP contribution in [0.5, 0.6) is 0 Å². The first kappa shape index (κ1) is 12.9. The minimum atomic E-state index is -0.850. The number of rotatable bonds is 3. The molecule has 3 nitrogen and oxygen atoms in total. The molecule has 1 aromatic carbocycles. The van der Waals surface area contributed by atoms with Crippen molar-refractivity contribution >= 4 is 11.7 Å². The molecule has 3 heteroatoms. The van der Waals surface area contributed by atoms with E-state index in [1.165, 1.54) is 38.5 Å². The topological polar surface area (TPSA) is 49.3 Å². The van der Waals surface area contributed by atoms with Gasteiger partial charge >= 0.3 is 5.97 Å². The lowest BCUT2D eigenvalue weighted by molar-refractivity contribution is 0.0696. The highest BCUT2D eigenvalue weighted by molar-refractivity contribution is 5.90. The fraction of sp³-hybridized carbons (Fsp3) is 0.533. The second-order valence-electron chi connectivity index (χ2n) is 5.17. The molecule has 0 atom stereocenters. The summed E-state index contributed by atoms with van der Waals surface area (Å²) >= 11 is 0. The van der Waals surface area contributed by atoms with E-state index < -0.39 is 5.97 Å². The predicted molar refractivity (Wildman–Crippen MR) is 73.3 cm³/mol. The molecule has 1 saturated carbocycles. The number of aryl methyl sites for hydroxylation is 1. The molecule has 2 N–H and O–H groups in total. The van der Waals surface area contributed by atoms with Crippen molar-refractivity contribution in [2.24, 2.45) is 0 Å². The van der Waals surface area contributed by atoms with Crippen LogP contribution in [0.2, 0.25) is 0 Å². The molecule has 0 spiro atoms. The average Bonchev–Trinajstić information content (AvgIpc) is 2.60. The highest BCUT2D eigenvalue weighted by atomic mass is 16.4. The number of aromatic carboxylic acids is 1. The monoisotopic (exact) mass is 247 g/mol. The van der Waals surface area contributed by atoms with Crippen LogP contribution in [0.15, 0.2) is 18.2 Å². The lowest BCUT2D eigenvalue weighted by Gasteiger charge is -2.18. The number of carboxylic acids is 1. The van der Waals surface area contributed by atoms with Gasteiger partial charge in [0, 0.05) is 11.7 Å². The summed E-state index contributed by atoms with van der Waals surface area (Å²) in [5.41, 5.74) is 2.15. The Bertz CT molecular complexity index is 421. The Hall–Kier alpha value is -1.51. The Balaban J connectivity index is 2.08. The SMILES string of the molecule is Cc1ccc(NC2CCCCCC2)cc1C(=O)O. The molecular formula is C15H21NO2. The summed E-state index contributed by atoms with van der Waals surface area (Å²) in [6.45, 7) is 1.83. The van der Waals surface area contributed by atoms with Gasteiger partial charge in [0.05, 0.1) is 5.56 Å². The molecule has 98 valence electrons. The number of carboxylic acid groups (broad SMARTS) is 1. The van der Waals surface area contributed by atoms with E-state index in [0.717, 1.165) is 11.3 Å². The van der Waals surface area contributed by atoms with Gasteiger partial charge in [0.15, 0.2) is 0 Å². The molecule has 2 rings (SSSR count). The third-order valence-corrected chi connectivity index (χ3v) is 3.69. The van der Waals surface area contributed by atoms with Crippen LogP contribution in [0.3, 0.4) is 0 Å². The van der Waals surface area contributed by atoms with Crippen molar-refractivity contribution < 1.29 is 9.90 Å². The third kappa shape index (κ3) is 3.25. The number of hydrogen-bond acceptors (Lipinski definition) is 2. The van der Waals surface area contributed by atoms with E-state index in [0.29, 0.717) is 11.6 Å². The highest BCUT2D eigenvalue weighted by Gasteiger charge is 2.13. The standard InChI is InChI=1S/C15H21NO2/c1-11-8-9-13(10-14(11)15(17)18)16-12-6-4-2-3-5-7-12/h8-10,12,16H,2-7H2,1H3,(H,17,18). The molecular weight excluding hydrogens is 226 g/mol. The van der Waals surface area contributed by atoms with Crippen molar-refractivity contribution in [2.45, 2.75) is 51.5 Å². The predicted octanol–water partition coefficient (Wildman–Crippen LogP) is 3.83. The zero-order chi connectivity index (χ0) is 13.0. The van der Waals surface area contributed by atoms with Crippen molar-refractivity contribution in [3.8, 4) is 0 Å². The summed E-state index contributed by atoms with van der Waals surface area (Å²) in [5.74, 6) is -0.850. The van der Waals surface area contributed by atoms with Crippen molar-refractivity contribution in [2.75, 3.05) is 5.32 Å². The second kappa shape index (κ2) is 5.89. The maximum atomic E-state index is 11.1. The Kier molecular flexibility index (Phi) is 4.24. The molecule has 0 unspecified atom stereocenters. The normalized spacial score (nSPS) is 17.2. The van der Waals surface area contributed by atoms with Crippen LogP contribution in [-0.2, 0) is 0 Å². The Labute approximate surface area is 108 Å². The van der Waals surface area contributed by atoms with Crippen molar-refractivity contribution in [3.63, 3.8) is 0 Å². The summed E-state index contributed by atoms with van der Waals surface area (Å²) in [6.07, 6.45) is 7.58. The van der Waals surface area contributed by atoms with Crippen LogP contribution in [-0.4, -0.2) is 17.1 Å². The van der Waals surface area contributed by atoms with Gasteiger partial charge in [-0.25, -0.2) is 4.79 Å². The lowest BCUT2D eigenvalue weighted by Crippen LogP contribution is -2.18. The van der Waals surface area contributed by atoms with E-state index >= 15 is 0 Å². The number of anilines is 1. The van der Waals surface area contributed by atoms with Crippen LogP contribution in [0.1, 0.15) is 54.4 Å². The van der Waals surface area contributed by atoms with Gasteiger partial charge in [-0.2, -0.15) is 0 Å². The fourth-order valence-corrected chi connectivity index (χ4v) is 2.60. The molecule has 1 aliphatic rings. The van der Waals surface area contributed by atoms with Gasteiger partial charge in [0.25, 0.3) is 0 Å². The van der Waals surface area contributed by atoms with E-state index in [1.54, 1.807) is 6.07 Å². The number of nitrogens with one attached hydrogen (secondary N) is 1. The first-order valence-corrected chi connectivity index (χ1v) is 6.77. The van der Waals surface area contributed by atoms with E-state index in [-0.39, 0.29) is 0 Å². The zero-order valence-electron chi connectivity index (χ0n) is 10.9. The highest BCUT2D eigenvalue weighted by Crippen LogP contribution is 2.22. The molecule has 1 aromatic rings. The van der Waals surface area contributed by atoms with Crippen LogP contribution in [0.25, 0.3) is 0 Å².